The van der Waals surface area contributed by atoms with Crippen LogP contribution in [0.3, 0.4) is 0 Å². The van der Waals surface area contributed by atoms with Crippen molar-refractivity contribution in [2.45, 2.75) is 18.7 Å². The number of sulfonamides is 1. The minimum atomic E-state index is -3.85. The lowest BCUT2D eigenvalue weighted by atomic mass is 10.2. The van der Waals surface area contributed by atoms with Gasteiger partial charge in [-0.2, -0.15) is 0 Å². The highest BCUT2D eigenvalue weighted by atomic mass is 35.5. The van der Waals surface area contributed by atoms with E-state index < -0.39 is 10.0 Å². The average Bonchev–Trinajstić information content (AvgIpc) is 2.07. The van der Waals surface area contributed by atoms with E-state index in [0.29, 0.717) is 11.3 Å². The Morgan fingerprint density at radius 2 is 2.00 bits per heavy atom. The molecule has 16 heavy (non-hydrogen) atoms. The quantitative estimate of drug-likeness (QED) is 0.841. The van der Waals surface area contributed by atoms with Crippen LogP contribution in [0.4, 0.5) is 5.69 Å². The molecule has 0 aliphatic heterocycles. The van der Waals surface area contributed by atoms with E-state index in [4.69, 9.17) is 16.7 Å². The molecule has 3 N–H and O–H groups in total. The van der Waals surface area contributed by atoms with Crippen molar-refractivity contribution in [3.05, 3.63) is 22.7 Å². The monoisotopic (exact) mass is 262 g/mol. The smallest absolute Gasteiger partial charge is 0.239 e. The number of primary sulfonamides is 1. The number of amides is 1. The molecule has 0 aromatic heterocycles. The predicted octanol–water partition coefficient (Wildman–Crippen LogP) is 1.25. The molecule has 0 aliphatic carbocycles. The molecule has 1 amide bonds. The molecule has 5 nitrogen and oxygen atoms in total. The number of rotatable bonds is 2. The zero-order chi connectivity index (χ0) is 12.5. The van der Waals surface area contributed by atoms with E-state index in [1.54, 1.807) is 6.92 Å². The Bertz CT molecular complexity index is 540. The third kappa shape index (κ3) is 2.94. The largest absolute Gasteiger partial charge is 0.326 e. The molecule has 0 atom stereocenters. The maximum Gasteiger partial charge on any atom is 0.239 e. The van der Waals surface area contributed by atoms with Gasteiger partial charge in [-0.15, -0.1) is 0 Å². The summed E-state index contributed by atoms with van der Waals surface area (Å²) >= 11 is 5.76. The lowest BCUT2D eigenvalue weighted by Crippen LogP contribution is -2.14. The number of aryl methyl sites for hydroxylation is 1. The zero-order valence-electron chi connectivity index (χ0n) is 8.74. The number of benzene rings is 1. The maximum absolute atomic E-state index is 11.1. The number of hydrogen-bond donors (Lipinski definition) is 2. The minimum Gasteiger partial charge on any atom is -0.326 e. The summed E-state index contributed by atoms with van der Waals surface area (Å²) < 4.78 is 22.3. The topological polar surface area (TPSA) is 89.3 Å². The van der Waals surface area contributed by atoms with Crippen LogP contribution in [0.2, 0.25) is 5.02 Å². The van der Waals surface area contributed by atoms with Crippen molar-refractivity contribution >= 4 is 33.2 Å². The van der Waals surface area contributed by atoms with Crippen molar-refractivity contribution < 1.29 is 13.2 Å². The summed E-state index contributed by atoms with van der Waals surface area (Å²) in [4.78, 5) is 10.7. The van der Waals surface area contributed by atoms with Crippen molar-refractivity contribution in [3.63, 3.8) is 0 Å². The summed E-state index contributed by atoms with van der Waals surface area (Å²) in [6, 6.07) is 2.68. The molecule has 1 rings (SSSR count). The van der Waals surface area contributed by atoms with Crippen molar-refractivity contribution in [1.82, 2.24) is 0 Å². The van der Waals surface area contributed by atoms with Gasteiger partial charge in [0.25, 0.3) is 0 Å². The van der Waals surface area contributed by atoms with Crippen LogP contribution in [0.5, 0.6) is 0 Å². The molecule has 0 radical (unpaired) electrons. The highest BCUT2D eigenvalue weighted by Crippen LogP contribution is 2.27. The van der Waals surface area contributed by atoms with Gasteiger partial charge in [-0.25, -0.2) is 13.6 Å². The zero-order valence-corrected chi connectivity index (χ0v) is 10.3. The van der Waals surface area contributed by atoms with E-state index in [1.807, 2.05) is 0 Å². The Morgan fingerprint density at radius 1 is 1.44 bits per heavy atom. The second kappa shape index (κ2) is 4.40. The van der Waals surface area contributed by atoms with Gasteiger partial charge in [0.1, 0.15) is 4.90 Å². The van der Waals surface area contributed by atoms with E-state index >= 15 is 0 Å². The molecule has 88 valence electrons. The van der Waals surface area contributed by atoms with Crippen LogP contribution < -0.4 is 10.5 Å². The highest BCUT2D eigenvalue weighted by molar-refractivity contribution is 7.89. The van der Waals surface area contributed by atoms with Crippen molar-refractivity contribution in [1.29, 1.82) is 0 Å². The van der Waals surface area contributed by atoms with Gasteiger partial charge >= 0.3 is 0 Å². The Balaban J connectivity index is 3.33. The molecule has 0 saturated carbocycles. The summed E-state index contributed by atoms with van der Waals surface area (Å²) in [7, 11) is -3.85. The fourth-order valence-electron chi connectivity index (χ4n) is 1.20. The lowest BCUT2D eigenvalue weighted by Gasteiger charge is -2.09. The summed E-state index contributed by atoms with van der Waals surface area (Å²) in [5, 5.41) is 7.49. The molecular formula is C9H11ClN2O3S. The number of hydrogen-bond acceptors (Lipinski definition) is 3. The minimum absolute atomic E-state index is 0.0168. The first-order valence-corrected chi connectivity index (χ1v) is 6.25. The molecule has 0 unspecified atom stereocenters. The number of anilines is 1. The summed E-state index contributed by atoms with van der Waals surface area (Å²) in [5.41, 5.74) is 1.04. The Morgan fingerprint density at radius 3 is 2.44 bits per heavy atom. The van der Waals surface area contributed by atoms with E-state index in [1.165, 1.54) is 19.1 Å². The first kappa shape index (κ1) is 13.0. The molecule has 0 aliphatic rings. The second-order valence-corrected chi connectivity index (χ2v) is 5.26. The Kier molecular flexibility index (Phi) is 3.57. The van der Waals surface area contributed by atoms with Gasteiger partial charge in [-0.3, -0.25) is 4.79 Å². The Labute approximate surface area is 98.6 Å². The van der Waals surface area contributed by atoms with Gasteiger partial charge in [0.2, 0.25) is 15.9 Å². The van der Waals surface area contributed by atoms with Crippen LogP contribution in [-0.4, -0.2) is 14.3 Å². The molecule has 7 heteroatoms. The second-order valence-electron chi connectivity index (χ2n) is 3.32. The van der Waals surface area contributed by atoms with Crippen LogP contribution in [0.1, 0.15) is 12.5 Å². The molecule has 0 heterocycles. The molecule has 1 aromatic rings. The first-order valence-electron chi connectivity index (χ1n) is 4.32. The van der Waals surface area contributed by atoms with Gasteiger partial charge in [0.05, 0.1) is 5.02 Å². The third-order valence-corrected chi connectivity index (χ3v) is 3.27. The van der Waals surface area contributed by atoms with Gasteiger partial charge in [0, 0.05) is 12.6 Å². The number of halogens is 1. The van der Waals surface area contributed by atoms with Crippen LogP contribution in [0.25, 0.3) is 0 Å². The standard InChI is InChI=1S/C9H11ClN2O3S/c1-5-3-9(16(11,14)15)7(10)4-8(5)12-6(2)13/h3-4H,1-2H3,(H,12,13)(H2,11,14,15). The van der Waals surface area contributed by atoms with Gasteiger partial charge in [-0.05, 0) is 24.6 Å². The highest BCUT2D eigenvalue weighted by Gasteiger charge is 2.15. The maximum atomic E-state index is 11.1. The molecule has 1 aromatic carbocycles. The van der Waals surface area contributed by atoms with E-state index in [2.05, 4.69) is 5.32 Å². The van der Waals surface area contributed by atoms with E-state index in [0.717, 1.165) is 0 Å². The molecule has 0 fully saturated rings. The van der Waals surface area contributed by atoms with Gasteiger partial charge < -0.3 is 5.32 Å². The van der Waals surface area contributed by atoms with Crippen molar-refractivity contribution in [3.8, 4) is 0 Å². The molecule has 0 spiro atoms. The average molecular weight is 263 g/mol. The number of carbonyl (C=O) groups excluding carboxylic acids is 1. The van der Waals surface area contributed by atoms with Gasteiger partial charge in [-0.1, -0.05) is 11.6 Å². The van der Waals surface area contributed by atoms with Crippen molar-refractivity contribution in [2.24, 2.45) is 5.14 Å². The summed E-state index contributed by atoms with van der Waals surface area (Å²) in [6.07, 6.45) is 0. The third-order valence-electron chi connectivity index (χ3n) is 1.90. The normalized spacial score (nSPS) is 11.2. The van der Waals surface area contributed by atoms with Crippen LogP contribution in [0.15, 0.2) is 17.0 Å². The van der Waals surface area contributed by atoms with Crippen LogP contribution in [0, 0.1) is 6.92 Å². The predicted molar refractivity (Wildman–Crippen MR) is 61.9 cm³/mol. The van der Waals surface area contributed by atoms with E-state index in [9.17, 15) is 13.2 Å². The summed E-state index contributed by atoms with van der Waals surface area (Å²) in [6.45, 7) is 3.00. The van der Waals surface area contributed by atoms with Gasteiger partial charge in [0.15, 0.2) is 0 Å². The Hall–Kier alpha value is -1.11. The SMILES string of the molecule is CC(=O)Nc1cc(Cl)c(S(N)(=O)=O)cc1C. The lowest BCUT2D eigenvalue weighted by molar-refractivity contribution is -0.114. The number of nitrogens with two attached hydrogens (primary N) is 1. The van der Waals surface area contributed by atoms with Crippen molar-refractivity contribution in [2.75, 3.05) is 5.32 Å². The molecule has 0 bridgehead atoms. The number of nitrogens with one attached hydrogen (secondary N) is 1. The molecular weight excluding hydrogens is 252 g/mol. The fourth-order valence-corrected chi connectivity index (χ4v) is 2.36. The fraction of sp³-hybridized carbons (Fsp3) is 0.222. The van der Waals surface area contributed by atoms with Crippen LogP contribution >= 0.6 is 11.6 Å². The first-order chi connectivity index (χ1) is 7.21. The summed E-state index contributed by atoms with van der Waals surface area (Å²) in [5.74, 6) is -0.262. The van der Waals surface area contributed by atoms with Crippen LogP contribution in [-0.2, 0) is 14.8 Å². The molecule has 0 saturated heterocycles. The number of carbonyl (C=O) groups is 1. The van der Waals surface area contributed by atoms with E-state index in [-0.39, 0.29) is 15.8 Å².